The van der Waals surface area contributed by atoms with E-state index >= 15 is 0 Å². The zero-order valence-corrected chi connectivity index (χ0v) is 14.5. The average Bonchev–Trinajstić information content (AvgIpc) is 2.69. The van der Waals surface area contributed by atoms with E-state index in [1.165, 1.54) is 5.56 Å². The van der Waals surface area contributed by atoms with Gasteiger partial charge in [0.2, 0.25) is 0 Å². The first kappa shape index (κ1) is 15.5. The lowest BCUT2D eigenvalue weighted by Gasteiger charge is -2.55. The van der Waals surface area contributed by atoms with E-state index in [9.17, 15) is 4.79 Å². The molecule has 0 aliphatic carbocycles. The number of rotatable bonds is 2. The van der Waals surface area contributed by atoms with E-state index in [0.717, 1.165) is 23.9 Å². The van der Waals surface area contributed by atoms with Crippen LogP contribution in [-0.4, -0.2) is 35.5 Å². The highest BCUT2D eigenvalue weighted by molar-refractivity contribution is 6.05. The van der Waals surface area contributed by atoms with Crippen molar-refractivity contribution in [1.82, 2.24) is 9.88 Å². The van der Waals surface area contributed by atoms with Crippen molar-refractivity contribution >= 4 is 16.8 Å². The summed E-state index contributed by atoms with van der Waals surface area (Å²) >= 11 is 0. The van der Waals surface area contributed by atoms with Crippen molar-refractivity contribution in [3.05, 3.63) is 78.0 Å². The SMILES string of the molecule is O=C(c1cccc2cccnc12)N1CCC2(c3ccccc3)OCC2C1. The van der Waals surface area contributed by atoms with Crippen LogP contribution >= 0.6 is 0 Å². The number of fused-ring (bicyclic) bond motifs is 2. The summed E-state index contributed by atoms with van der Waals surface area (Å²) in [6.45, 7) is 2.15. The van der Waals surface area contributed by atoms with Gasteiger partial charge in [-0.2, -0.15) is 0 Å². The topological polar surface area (TPSA) is 42.4 Å². The molecule has 0 saturated carbocycles. The molecule has 5 rings (SSSR count). The number of amides is 1. The third-order valence-corrected chi connectivity index (χ3v) is 5.81. The molecule has 2 aliphatic heterocycles. The maximum Gasteiger partial charge on any atom is 0.256 e. The molecule has 1 amide bonds. The van der Waals surface area contributed by atoms with Crippen molar-refractivity contribution in [2.45, 2.75) is 12.0 Å². The molecule has 2 aliphatic rings. The molecule has 4 heteroatoms. The Labute approximate surface area is 152 Å². The van der Waals surface area contributed by atoms with E-state index in [1.54, 1.807) is 6.20 Å². The number of hydrogen-bond donors (Lipinski definition) is 0. The molecule has 2 saturated heterocycles. The summed E-state index contributed by atoms with van der Waals surface area (Å²) in [7, 11) is 0. The van der Waals surface area contributed by atoms with Crippen molar-refractivity contribution < 1.29 is 9.53 Å². The molecular weight excluding hydrogens is 324 g/mol. The summed E-state index contributed by atoms with van der Waals surface area (Å²) in [5.41, 5.74) is 2.49. The summed E-state index contributed by atoms with van der Waals surface area (Å²) in [6.07, 6.45) is 2.58. The van der Waals surface area contributed by atoms with Gasteiger partial charge in [0.25, 0.3) is 5.91 Å². The van der Waals surface area contributed by atoms with E-state index in [1.807, 2.05) is 41.3 Å². The Morgan fingerprint density at radius 1 is 1.08 bits per heavy atom. The van der Waals surface area contributed by atoms with E-state index in [2.05, 4.69) is 29.2 Å². The third kappa shape index (κ3) is 2.26. The van der Waals surface area contributed by atoms with E-state index in [4.69, 9.17) is 4.74 Å². The van der Waals surface area contributed by atoms with E-state index < -0.39 is 0 Å². The predicted octanol–water partition coefficient (Wildman–Crippen LogP) is 3.62. The first-order chi connectivity index (χ1) is 12.8. The number of benzene rings is 2. The minimum absolute atomic E-state index is 0.0721. The molecule has 26 heavy (non-hydrogen) atoms. The Bertz CT molecular complexity index is 967. The van der Waals surface area contributed by atoms with Gasteiger partial charge in [0.05, 0.1) is 17.7 Å². The molecule has 2 aromatic carbocycles. The van der Waals surface area contributed by atoms with Gasteiger partial charge in [-0.15, -0.1) is 0 Å². The van der Waals surface area contributed by atoms with Crippen LogP contribution < -0.4 is 0 Å². The molecule has 2 unspecified atom stereocenters. The molecule has 2 fully saturated rings. The summed E-state index contributed by atoms with van der Waals surface area (Å²) in [5, 5.41) is 1.00. The van der Waals surface area contributed by atoms with Gasteiger partial charge in [-0.25, -0.2) is 0 Å². The van der Waals surface area contributed by atoms with Gasteiger partial charge in [0, 0.05) is 30.6 Å². The molecule has 0 spiro atoms. The average molecular weight is 344 g/mol. The molecule has 4 nitrogen and oxygen atoms in total. The number of likely N-dealkylation sites (tertiary alicyclic amines) is 1. The zero-order chi connectivity index (χ0) is 17.6. The van der Waals surface area contributed by atoms with Gasteiger partial charge in [0.15, 0.2) is 0 Å². The number of ether oxygens (including phenoxy) is 1. The van der Waals surface area contributed by atoms with Crippen LogP contribution in [0.5, 0.6) is 0 Å². The van der Waals surface area contributed by atoms with Crippen molar-refractivity contribution in [2.24, 2.45) is 5.92 Å². The number of carbonyl (C=O) groups is 1. The largest absolute Gasteiger partial charge is 0.369 e. The first-order valence-corrected chi connectivity index (χ1v) is 9.10. The molecule has 0 bridgehead atoms. The number of hydrogen-bond acceptors (Lipinski definition) is 3. The van der Waals surface area contributed by atoms with Crippen LogP contribution in [0.4, 0.5) is 0 Å². The number of carbonyl (C=O) groups excluding carboxylic acids is 1. The third-order valence-electron chi connectivity index (χ3n) is 5.81. The maximum absolute atomic E-state index is 13.2. The molecule has 0 N–H and O–H groups in total. The van der Waals surface area contributed by atoms with Crippen LogP contribution in [0.25, 0.3) is 10.9 Å². The van der Waals surface area contributed by atoms with Crippen molar-refractivity contribution in [3.8, 4) is 0 Å². The molecular formula is C22H20N2O2. The Hall–Kier alpha value is -2.72. The highest BCUT2D eigenvalue weighted by Gasteiger charge is 2.53. The number of pyridine rings is 1. The Morgan fingerprint density at radius 2 is 1.92 bits per heavy atom. The second kappa shape index (κ2) is 5.92. The fourth-order valence-corrected chi connectivity index (χ4v) is 4.35. The molecule has 130 valence electrons. The maximum atomic E-state index is 13.2. The monoisotopic (exact) mass is 344 g/mol. The number of piperidine rings is 1. The lowest BCUT2D eigenvalue weighted by molar-refractivity contribution is -0.235. The van der Waals surface area contributed by atoms with Crippen molar-refractivity contribution in [2.75, 3.05) is 19.7 Å². The van der Waals surface area contributed by atoms with Gasteiger partial charge in [-0.3, -0.25) is 9.78 Å². The minimum Gasteiger partial charge on any atom is -0.369 e. The van der Waals surface area contributed by atoms with Crippen LogP contribution in [0.15, 0.2) is 66.9 Å². The summed E-state index contributed by atoms with van der Waals surface area (Å²) < 4.78 is 6.06. The highest BCUT2D eigenvalue weighted by Crippen LogP contribution is 2.48. The normalized spacial score (nSPS) is 24.8. The molecule has 3 aromatic rings. The van der Waals surface area contributed by atoms with Gasteiger partial charge in [0.1, 0.15) is 5.60 Å². The lowest BCUT2D eigenvalue weighted by atomic mass is 9.72. The fourth-order valence-electron chi connectivity index (χ4n) is 4.35. The van der Waals surface area contributed by atoms with Crippen LogP contribution in [0.3, 0.4) is 0 Å². The lowest BCUT2D eigenvalue weighted by Crippen LogP contribution is -2.61. The minimum atomic E-state index is -0.213. The smallest absolute Gasteiger partial charge is 0.256 e. The van der Waals surface area contributed by atoms with Gasteiger partial charge >= 0.3 is 0 Å². The van der Waals surface area contributed by atoms with Gasteiger partial charge in [-0.05, 0) is 24.1 Å². The number of para-hydroxylation sites is 1. The molecule has 2 atom stereocenters. The van der Waals surface area contributed by atoms with E-state index in [-0.39, 0.29) is 11.5 Å². The predicted molar refractivity (Wildman–Crippen MR) is 99.8 cm³/mol. The first-order valence-electron chi connectivity index (χ1n) is 9.10. The second-order valence-electron chi connectivity index (χ2n) is 7.15. The number of aromatic nitrogens is 1. The summed E-state index contributed by atoms with van der Waals surface area (Å²) in [4.78, 5) is 19.6. The molecule has 3 heterocycles. The van der Waals surface area contributed by atoms with E-state index in [0.29, 0.717) is 24.6 Å². The zero-order valence-electron chi connectivity index (χ0n) is 14.5. The highest BCUT2D eigenvalue weighted by atomic mass is 16.5. The molecule has 1 aromatic heterocycles. The number of nitrogens with zero attached hydrogens (tertiary/aromatic N) is 2. The summed E-state index contributed by atoms with van der Waals surface area (Å²) in [5.74, 6) is 0.424. The Morgan fingerprint density at radius 3 is 2.69 bits per heavy atom. The fraction of sp³-hybridized carbons (Fsp3) is 0.273. The second-order valence-corrected chi connectivity index (χ2v) is 7.15. The van der Waals surface area contributed by atoms with Crippen LogP contribution in [-0.2, 0) is 10.3 Å². The van der Waals surface area contributed by atoms with Crippen molar-refractivity contribution in [3.63, 3.8) is 0 Å². The summed E-state index contributed by atoms with van der Waals surface area (Å²) in [6, 6.07) is 20.1. The van der Waals surface area contributed by atoms with Crippen molar-refractivity contribution in [1.29, 1.82) is 0 Å². The standard InChI is InChI=1S/C22H20N2O2/c25-21(19-10-4-6-16-7-5-12-23-20(16)19)24-13-11-22(18(14-24)15-26-22)17-8-2-1-3-9-17/h1-10,12,18H,11,13-15H2. The Balaban J connectivity index is 1.42. The van der Waals surface area contributed by atoms with Crippen LogP contribution in [0.2, 0.25) is 0 Å². The van der Waals surface area contributed by atoms with Crippen LogP contribution in [0.1, 0.15) is 22.3 Å². The van der Waals surface area contributed by atoms with Crippen LogP contribution in [0, 0.1) is 5.92 Å². The Kier molecular flexibility index (Phi) is 3.54. The molecule has 0 radical (unpaired) electrons. The van der Waals surface area contributed by atoms with Gasteiger partial charge < -0.3 is 9.64 Å². The quantitative estimate of drug-likeness (QED) is 0.713. The van der Waals surface area contributed by atoms with Gasteiger partial charge in [-0.1, -0.05) is 48.5 Å².